The zero-order valence-electron chi connectivity index (χ0n) is 12.0. The molecule has 0 aliphatic heterocycles. The van der Waals surface area contributed by atoms with E-state index in [9.17, 15) is 5.11 Å². The monoisotopic (exact) mass is 263 g/mol. The van der Waals surface area contributed by atoms with Gasteiger partial charge < -0.3 is 15.2 Å². The minimum Gasteiger partial charge on any atom is -0.491 e. The van der Waals surface area contributed by atoms with Crippen LogP contribution in [-0.2, 0) is 12.8 Å². The number of hydrogen-bond acceptors (Lipinski definition) is 3. The summed E-state index contributed by atoms with van der Waals surface area (Å²) in [5.41, 5.74) is 2.86. The molecule has 0 unspecified atom stereocenters. The highest BCUT2D eigenvalue weighted by Gasteiger charge is 2.12. The fourth-order valence-corrected chi connectivity index (χ4v) is 2.37. The normalized spacial score (nSPS) is 17.0. The van der Waals surface area contributed by atoms with Crippen molar-refractivity contribution in [3.8, 4) is 5.75 Å². The zero-order valence-corrected chi connectivity index (χ0v) is 12.0. The molecule has 0 spiro atoms. The molecule has 0 saturated carbocycles. The molecule has 1 aromatic carbocycles. The second-order valence-electron chi connectivity index (χ2n) is 5.47. The van der Waals surface area contributed by atoms with Gasteiger partial charge in [-0.3, -0.25) is 0 Å². The minimum absolute atomic E-state index is 0.349. The molecule has 0 bridgehead atoms. The van der Waals surface area contributed by atoms with Crippen LogP contribution in [0, 0.1) is 0 Å². The third-order valence-corrected chi connectivity index (χ3v) is 3.83. The fraction of sp³-hybridized carbons (Fsp3) is 0.625. The third kappa shape index (κ3) is 4.22. The molecule has 2 rings (SSSR count). The van der Waals surface area contributed by atoms with Gasteiger partial charge in [0.1, 0.15) is 18.5 Å². The van der Waals surface area contributed by atoms with Crippen LogP contribution in [0.15, 0.2) is 18.2 Å². The van der Waals surface area contributed by atoms with Gasteiger partial charge in [0.15, 0.2) is 0 Å². The maximum absolute atomic E-state index is 9.86. The van der Waals surface area contributed by atoms with Gasteiger partial charge in [-0.1, -0.05) is 13.0 Å². The van der Waals surface area contributed by atoms with Crippen LogP contribution < -0.4 is 10.1 Å². The molecule has 1 aliphatic carbocycles. The van der Waals surface area contributed by atoms with Crippen LogP contribution in [0.2, 0.25) is 0 Å². The summed E-state index contributed by atoms with van der Waals surface area (Å²) in [6.45, 7) is 5.18. The Morgan fingerprint density at radius 3 is 2.89 bits per heavy atom. The second kappa shape index (κ2) is 6.92. The summed E-state index contributed by atoms with van der Waals surface area (Å²) in [6.07, 6.45) is 4.21. The predicted octanol–water partition coefficient (Wildman–Crippen LogP) is 2.30. The summed E-state index contributed by atoms with van der Waals surface area (Å²) in [6, 6.07) is 6.73. The SMILES string of the molecule is CC[C@@H](C)NC[C@@H](O)COc1ccc2c(c1)CCC2. The first-order valence-corrected chi connectivity index (χ1v) is 7.35. The molecule has 3 nitrogen and oxygen atoms in total. The Bertz CT molecular complexity index is 406. The molecule has 2 atom stereocenters. The fourth-order valence-electron chi connectivity index (χ4n) is 2.37. The first-order valence-electron chi connectivity index (χ1n) is 7.35. The summed E-state index contributed by atoms with van der Waals surface area (Å²) in [7, 11) is 0. The van der Waals surface area contributed by atoms with Crippen LogP contribution in [0.25, 0.3) is 0 Å². The lowest BCUT2D eigenvalue weighted by Crippen LogP contribution is -2.36. The quantitative estimate of drug-likeness (QED) is 0.793. The lowest BCUT2D eigenvalue weighted by atomic mass is 10.1. The average molecular weight is 263 g/mol. The summed E-state index contributed by atoms with van der Waals surface area (Å²) >= 11 is 0. The topological polar surface area (TPSA) is 41.5 Å². The summed E-state index contributed by atoms with van der Waals surface area (Å²) in [5, 5.41) is 13.1. The van der Waals surface area contributed by atoms with Crippen molar-refractivity contribution in [1.82, 2.24) is 5.32 Å². The zero-order chi connectivity index (χ0) is 13.7. The number of fused-ring (bicyclic) bond motifs is 1. The molecule has 0 aromatic heterocycles. The van der Waals surface area contributed by atoms with Gasteiger partial charge >= 0.3 is 0 Å². The Morgan fingerprint density at radius 1 is 1.32 bits per heavy atom. The molecule has 1 aromatic rings. The maximum atomic E-state index is 9.86. The lowest BCUT2D eigenvalue weighted by Gasteiger charge is -2.16. The molecular formula is C16H25NO2. The molecular weight excluding hydrogens is 238 g/mol. The molecule has 0 saturated heterocycles. The molecule has 1 aliphatic rings. The van der Waals surface area contributed by atoms with Crippen molar-refractivity contribution in [3.63, 3.8) is 0 Å². The van der Waals surface area contributed by atoms with E-state index in [4.69, 9.17) is 4.74 Å². The van der Waals surface area contributed by atoms with Crippen LogP contribution in [0.5, 0.6) is 5.75 Å². The average Bonchev–Trinajstić information content (AvgIpc) is 2.89. The van der Waals surface area contributed by atoms with Gasteiger partial charge in [0.25, 0.3) is 0 Å². The van der Waals surface area contributed by atoms with Gasteiger partial charge in [0.2, 0.25) is 0 Å². The van der Waals surface area contributed by atoms with Gasteiger partial charge in [-0.15, -0.1) is 0 Å². The lowest BCUT2D eigenvalue weighted by molar-refractivity contribution is 0.104. The highest BCUT2D eigenvalue weighted by molar-refractivity contribution is 5.38. The standard InChI is InChI=1S/C16H25NO2/c1-3-12(2)17-10-15(18)11-19-16-8-7-13-5-4-6-14(13)9-16/h7-9,12,15,17-18H,3-6,10-11H2,1-2H3/t12-,15-/m1/s1. The largest absolute Gasteiger partial charge is 0.491 e. The van der Waals surface area contributed by atoms with E-state index < -0.39 is 6.10 Å². The molecule has 106 valence electrons. The summed E-state index contributed by atoms with van der Waals surface area (Å²) in [5.74, 6) is 0.878. The number of ether oxygens (including phenoxy) is 1. The van der Waals surface area contributed by atoms with Crippen molar-refractivity contribution >= 4 is 0 Å². The number of nitrogens with one attached hydrogen (secondary N) is 1. The van der Waals surface area contributed by atoms with Crippen LogP contribution >= 0.6 is 0 Å². The smallest absolute Gasteiger partial charge is 0.119 e. The molecule has 0 heterocycles. The molecule has 0 amide bonds. The number of aliphatic hydroxyl groups is 1. The highest BCUT2D eigenvalue weighted by Crippen LogP contribution is 2.25. The number of rotatable bonds is 7. The van der Waals surface area contributed by atoms with Crippen molar-refractivity contribution < 1.29 is 9.84 Å². The number of benzene rings is 1. The summed E-state index contributed by atoms with van der Waals surface area (Å²) < 4.78 is 5.67. The number of aryl methyl sites for hydroxylation is 2. The first-order chi connectivity index (χ1) is 9.19. The molecule has 3 heteroatoms. The van der Waals surface area contributed by atoms with E-state index in [0.29, 0.717) is 19.2 Å². The third-order valence-electron chi connectivity index (χ3n) is 3.83. The van der Waals surface area contributed by atoms with Crippen molar-refractivity contribution in [2.45, 2.75) is 51.7 Å². The minimum atomic E-state index is -0.456. The molecule has 0 radical (unpaired) electrons. The number of aliphatic hydroxyl groups excluding tert-OH is 1. The first kappa shape index (κ1) is 14.4. The Labute approximate surface area is 116 Å². The van der Waals surface area contributed by atoms with Crippen LogP contribution in [0.3, 0.4) is 0 Å². The van der Waals surface area contributed by atoms with E-state index in [1.54, 1.807) is 0 Å². The van der Waals surface area contributed by atoms with E-state index >= 15 is 0 Å². The van der Waals surface area contributed by atoms with Crippen molar-refractivity contribution in [1.29, 1.82) is 0 Å². The van der Waals surface area contributed by atoms with E-state index in [2.05, 4.69) is 31.3 Å². The van der Waals surface area contributed by atoms with Gasteiger partial charge in [-0.05, 0) is 55.9 Å². The summed E-state index contributed by atoms with van der Waals surface area (Å²) in [4.78, 5) is 0. The Hall–Kier alpha value is -1.06. The van der Waals surface area contributed by atoms with Crippen LogP contribution in [0.1, 0.15) is 37.8 Å². The van der Waals surface area contributed by atoms with Gasteiger partial charge in [-0.25, -0.2) is 0 Å². The van der Waals surface area contributed by atoms with Crippen LogP contribution in [0.4, 0.5) is 0 Å². The van der Waals surface area contributed by atoms with Gasteiger partial charge in [0.05, 0.1) is 0 Å². The molecule has 19 heavy (non-hydrogen) atoms. The molecule has 0 fully saturated rings. The predicted molar refractivity (Wildman–Crippen MR) is 77.7 cm³/mol. The van der Waals surface area contributed by atoms with Crippen molar-refractivity contribution in [3.05, 3.63) is 29.3 Å². The van der Waals surface area contributed by atoms with Crippen molar-refractivity contribution in [2.24, 2.45) is 0 Å². The Kier molecular flexibility index (Phi) is 5.23. The van der Waals surface area contributed by atoms with E-state index in [-0.39, 0.29) is 0 Å². The second-order valence-corrected chi connectivity index (χ2v) is 5.47. The van der Waals surface area contributed by atoms with Gasteiger partial charge in [-0.2, -0.15) is 0 Å². The molecule has 2 N–H and O–H groups in total. The van der Waals surface area contributed by atoms with E-state index in [1.165, 1.54) is 24.0 Å². The van der Waals surface area contributed by atoms with Crippen molar-refractivity contribution in [2.75, 3.05) is 13.2 Å². The van der Waals surface area contributed by atoms with E-state index in [1.807, 2.05) is 6.07 Å². The Morgan fingerprint density at radius 2 is 2.11 bits per heavy atom. The van der Waals surface area contributed by atoms with E-state index in [0.717, 1.165) is 18.6 Å². The van der Waals surface area contributed by atoms with Crippen LogP contribution in [-0.4, -0.2) is 30.4 Å². The van der Waals surface area contributed by atoms with Gasteiger partial charge in [0, 0.05) is 12.6 Å². The Balaban J connectivity index is 1.75. The maximum Gasteiger partial charge on any atom is 0.119 e. The number of hydrogen-bond donors (Lipinski definition) is 2. The highest BCUT2D eigenvalue weighted by atomic mass is 16.5.